The zero-order valence-electron chi connectivity index (χ0n) is 11.3. The average Bonchev–Trinajstić information content (AvgIpc) is 2.41. The summed E-state index contributed by atoms with van der Waals surface area (Å²) in [6, 6.07) is 0.646. The first-order chi connectivity index (χ1) is 8.14. The molecule has 0 aliphatic carbocycles. The lowest BCUT2D eigenvalue weighted by atomic mass is 10.5. The molecule has 0 atom stereocenters. The number of carbonyl (C=O) groups excluding carboxylic acids is 1. The molecule has 0 rings (SSSR count). The fraction of sp³-hybridized carbons (Fsp3) is 0.727. The minimum atomic E-state index is -2.49. The summed E-state index contributed by atoms with van der Waals surface area (Å²) in [5.41, 5.74) is 0. The number of hydrogen-bond donors (Lipinski definition) is 0. The van der Waals surface area contributed by atoms with Crippen LogP contribution in [0.4, 0.5) is 0 Å². The van der Waals surface area contributed by atoms with Gasteiger partial charge in [0.15, 0.2) is 0 Å². The van der Waals surface area contributed by atoms with Crippen LogP contribution in [0.2, 0.25) is 6.04 Å². The Kier molecular flexibility index (Phi) is 12.9. The molecule has 0 saturated carbocycles. The number of rotatable bonds is 8. The fourth-order valence-electron chi connectivity index (χ4n) is 1.13. The topological polar surface area (TPSA) is 54.0 Å². The second-order valence-corrected chi connectivity index (χ2v) is 6.06. The molecule has 0 aliphatic rings. The molecular weight excluding hydrogens is 240 g/mol. The van der Waals surface area contributed by atoms with E-state index in [1.807, 2.05) is 0 Å². The summed E-state index contributed by atoms with van der Waals surface area (Å²) in [4.78, 5) is 10.8. The maximum Gasteiger partial charge on any atom is 0.500 e. The molecule has 0 radical (unpaired) electrons. The van der Waals surface area contributed by atoms with E-state index in [4.69, 9.17) is 18.0 Å². The van der Waals surface area contributed by atoms with Gasteiger partial charge >= 0.3 is 14.8 Å². The summed E-state index contributed by atoms with van der Waals surface area (Å²) >= 11 is 0. The van der Waals surface area contributed by atoms with Crippen molar-refractivity contribution in [2.75, 3.05) is 27.9 Å². The standard InChI is InChI=1S/C9H20O5Si.C2H4/c1-5-9(10)14-7-6-8-15(11-2,12-3)13-4;1-2/h5-8H2,1-4H3;1-2H2. The first kappa shape index (κ1) is 18.7. The lowest BCUT2D eigenvalue weighted by Crippen LogP contribution is -2.42. The molecule has 0 unspecified atom stereocenters. The van der Waals surface area contributed by atoms with Crippen molar-refractivity contribution < 1.29 is 22.8 Å². The summed E-state index contributed by atoms with van der Waals surface area (Å²) < 4.78 is 20.6. The first-order valence-corrected chi connectivity index (χ1v) is 7.38. The third kappa shape index (κ3) is 8.09. The van der Waals surface area contributed by atoms with E-state index in [2.05, 4.69) is 13.2 Å². The molecule has 0 amide bonds. The lowest BCUT2D eigenvalue weighted by molar-refractivity contribution is -0.143. The van der Waals surface area contributed by atoms with Crippen molar-refractivity contribution in [2.24, 2.45) is 0 Å². The van der Waals surface area contributed by atoms with E-state index in [1.165, 1.54) is 0 Å². The third-order valence-corrected chi connectivity index (χ3v) is 4.94. The van der Waals surface area contributed by atoms with Gasteiger partial charge in [-0.15, -0.1) is 13.2 Å². The van der Waals surface area contributed by atoms with Crippen LogP contribution in [-0.2, 0) is 22.8 Å². The van der Waals surface area contributed by atoms with Gasteiger partial charge in [-0.1, -0.05) is 6.92 Å². The highest BCUT2D eigenvalue weighted by Gasteiger charge is 2.36. The Morgan fingerprint density at radius 2 is 1.59 bits per heavy atom. The van der Waals surface area contributed by atoms with E-state index in [1.54, 1.807) is 28.3 Å². The second kappa shape index (κ2) is 11.8. The molecular formula is C11H24O5Si. The maximum atomic E-state index is 10.8. The van der Waals surface area contributed by atoms with Crippen LogP contribution in [0.5, 0.6) is 0 Å². The second-order valence-electron chi connectivity index (χ2n) is 2.97. The Hall–Kier alpha value is -0.693. The van der Waals surface area contributed by atoms with Crippen LogP contribution >= 0.6 is 0 Å². The molecule has 0 saturated heterocycles. The Bertz CT molecular complexity index is 186. The number of hydrogen-bond acceptors (Lipinski definition) is 5. The van der Waals surface area contributed by atoms with Crippen molar-refractivity contribution in [3.63, 3.8) is 0 Å². The van der Waals surface area contributed by atoms with Crippen LogP contribution in [0.1, 0.15) is 19.8 Å². The van der Waals surface area contributed by atoms with E-state index in [0.717, 1.165) is 0 Å². The van der Waals surface area contributed by atoms with Crippen LogP contribution in [0.3, 0.4) is 0 Å². The molecule has 6 heteroatoms. The van der Waals surface area contributed by atoms with E-state index in [0.29, 0.717) is 25.5 Å². The summed E-state index contributed by atoms with van der Waals surface area (Å²) in [6.07, 6.45) is 1.09. The predicted octanol–water partition coefficient (Wildman–Crippen LogP) is 2.01. The SMILES string of the molecule is C=C.CCC(=O)OCCC[Si](OC)(OC)OC. The van der Waals surface area contributed by atoms with E-state index < -0.39 is 8.80 Å². The van der Waals surface area contributed by atoms with Crippen LogP contribution in [0, 0.1) is 0 Å². The van der Waals surface area contributed by atoms with Gasteiger partial charge in [0, 0.05) is 33.8 Å². The van der Waals surface area contributed by atoms with Gasteiger partial charge in [0.05, 0.1) is 6.61 Å². The monoisotopic (exact) mass is 264 g/mol. The molecule has 0 fully saturated rings. The number of ether oxygens (including phenoxy) is 1. The van der Waals surface area contributed by atoms with Gasteiger partial charge in [-0.2, -0.15) is 0 Å². The summed E-state index contributed by atoms with van der Waals surface area (Å²) in [7, 11) is 2.21. The first-order valence-electron chi connectivity index (χ1n) is 5.45. The molecule has 102 valence electrons. The zero-order chi connectivity index (χ0) is 13.7. The molecule has 0 aromatic rings. The van der Waals surface area contributed by atoms with Crippen LogP contribution < -0.4 is 0 Å². The Labute approximate surface area is 105 Å². The van der Waals surface area contributed by atoms with Gasteiger partial charge in [-0.3, -0.25) is 4.79 Å². The van der Waals surface area contributed by atoms with Crippen molar-refractivity contribution in [1.29, 1.82) is 0 Å². The average molecular weight is 264 g/mol. The molecule has 0 aromatic carbocycles. The van der Waals surface area contributed by atoms with Crippen molar-refractivity contribution in [3.05, 3.63) is 13.2 Å². The minimum Gasteiger partial charge on any atom is -0.466 e. The maximum absolute atomic E-state index is 10.8. The smallest absolute Gasteiger partial charge is 0.466 e. The van der Waals surface area contributed by atoms with E-state index in [9.17, 15) is 4.79 Å². The Morgan fingerprint density at radius 3 is 1.94 bits per heavy atom. The van der Waals surface area contributed by atoms with Gasteiger partial charge in [-0.25, -0.2) is 0 Å². The molecule has 0 aromatic heterocycles. The summed E-state index contributed by atoms with van der Waals surface area (Å²) in [6.45, 7) is 8.15. The van der Waals surface area contributed by atoms with Crippen LogP contribution in [0.25, 0.3) is 0 Å². The molecule has 0 heterocycles. The van der Waals surface area contributed by atoms with Crippen molar-refractivity contribution in [3.8, 4) is 0 Å². The molecule has 5 nitrogen and oxygen atoms in total. The quantitative estimate of drug-likeness (QED) is 0.290. The van der Waals surface area contributed by atoms with Gasteiger partial charge in [0.1, 0.15) is 0 Å². The molecule has 0 spiro atoms. The number of carbonyl (C=O) groups is 1. The molecule has 17 heavy (non-hydrogen) atoms. The van der Waals surface area contributed by atoms with E-state index >= 15 is 0 Å². The van der Waals surface area contributed by atoms with Crippen molar-refractivity contribution >= 4 is 14.8 Å². The normalized spacial score (nSPS) is 10.4. The largest absolute Gasteiger partial charge is 0.500 e. The minimum absolute atomic E-state index is 0.186. The fourth-order valence-corrected chi connectivity index (χ4v) is 2.82. The molecule has 0 aliphatic heterocycles. The van der Waals surface area contributed by atoms with Gasteiger partial charge in [0.2, 0.25) is 0 Å². The Morgan fingerprint density at radius 1 is 1.12 bits per heavy atom. The van der Waals surface area contributed by atoms with Crippen LogP contribution in [-0.4, -0.2) is 42.7 Å². The predicted molar refractivity (Wildman–Crippen MR) is 68.7 cm³/mol. The lowest BCUT2D eigenvalue weighted by Gasteiger charge is -2.24. The number of esters is 1. The van der Waals surface area contributed by atoms with Crippen molar-refractivity contribution in [1.82, 2.24) is 0 Å². The third-order valence-electron chi connectivity index (χ3n) is 2.11. The van der Waals surface area contributed by atoms with Gasteiger partial charge in [-0.05, 0) is 6.42 Å². The van der Waals surface area contributed by atoms with Crippen molar-refractivity contribution in [2.45, 2.75) is 25.8 Å². The highest BCUT2D eigenvalue weighted by atomic mass is 28.4. The highest BCUT2D eigenvalue weighted by molar-refractivity contribution is 6.60. The zero-order valence-corrected chi connectivity index (χ0v) is 12.3. The van der Waals surface area contributed by atoms with Gasteiger partial charge in [0.25, 0.3) is 0 Å². The van der Waals surface area contributed by atoms with E-state index in [-0.39, 0.29) is 5.97 Å². The van der Waals surface area contributed by atoms with Crippen LogP contribution in [0.15, 0.2) is 13.2 Å². The molecule has 0 N–H and O–H groups in total. The van der Waals surface area contributed by atoms with Gasteiger partial charge < -0.3 is 18.0 Å². The highest BCUT2D eigenvalue weighted by Crippen LogP contribution is 2.14. The summed E-state index contributed by atoms with van der Waals surface area (Å²) in [5, 5.41) is 0. The summed E-state index contributed by atoms with van der Waals surface area (Å²) in [5.74, 6) is -0.186. The molecule has 0 bridgehead atoms. The Balaban J connectivity index is 0.